The van der Waals surface area contributed by atoms with Crippen molar-refractivity contribution in [3.05, 3.63) is 130 Å². The van der Waals surface area contributed by atoms with Crippen LogP contribution in [0.25, 0.3) is 0 Å². The third-order valence-corrected chi connectivity index (χ3v) is 11.1. The van der Waals surface area contributed by atoms with E-state index in [1.165, 1.54) is 29.2 Å². The molecule has 5 rings (SSSR count). The first kappa shape index (κ1) is 35.4. The largest absolute Gasteiger partial charge is 0.352 e. The summed E-state index contributed by atoms with van der Waals surface area (Å²) in [5.41, 5.74) is 2.40. The van der Waals surface area contributed by atoms with Gasteiger partial charge in [-0.05, 0) is 79.4 Å². The minimum atomic E-state index is -4.30. The molecule has 2 amide bonds. The van der Waals surface area contributed by atoms with Crippen LogP contribution in [-0.4, -0.2) is 43.8 Å². The lowest BCUT2D eigenvalue weighted by Crippen LogP contribution is -2.55. The Morgan fingerprint density at radius 3 is 2.17 bits per heavy atom. The molecule has 1 atom stereocenters. The zero-order chi connectivity index (χ0) is 34.3. The van der Waals surface area contributed by atoms with E-state index in [9.17, 15) is 22.4 Å². The van der Waals surface area contributed by atoms with Gasteiger partial charge in [-0.2, -0.15) is 0 Å². The quantitative estimate of drug-likeness (QED) is 0.163. The lowest BCUT2D eigenvalue weighted by molar-refractivity contribution is -0.140. The third kappa shape index (κ3) is 8.95. The second-order valence-electron chi connectivity index (χ2n) is 12.1. The van der Waals surface area contributed by atoms with Crippen LogP contribution in [-0.2, 0) is 32.6 Å². The Morgan fingerprint density at radius 1 is 0.854 bits per heavy atom. The van der Waals surface area contributed by atoms with Crippen LogP contribution in [0.4, 0.5) is 10.1 Å². The van der Waals surface area contributed by atoms with Crippen molar-refractivity contribution in [2.45, 2.75) is 69.0 Å². The van der Waals surface area contributed by atoms with Crippen molar-refractivity contribution in [2.75, 3.05) is 10.8 Å². The van der Waals surface area contributed by atoms with Crippen molar-refractivity contribution in [1.82, 2.24) is 10.2 Å². The van der Waals surface area contributed by atoms with Gasteiger partial charge in [0.25, 0.3) is 10.0 Å². The molecule has 252 valence electrons. The van der Waals surface area contributed by atoms with Gasteiger partial charge in [-0.3, -0.25) is 13.9 Å². The molecule has 7 nitrogen and oxygen atoms in total. The fourth-order valence-electron chi connectivity index (χ4n) is 5.91. The Balaban J connectivity index is 1.57. The summed E-state index contributed by atoms with van der Waals surface area (Å²) in [4.78, 5) is 30.2. The number of hydrogen-bond acceptors (Lipinski definition) is 4. The number of anilines is 1. The van der Waals surface area contributed by atoms with Crippen LogP contribution in [0.3, 0.4) is 0 Å². The maximum atomic E-state index is 14.6. The highest BCUT2D eigenvalue weighted by atomic mass is 35.5. The number of carbonyl (C=O) groups excluding carboxylic acids is 2. The van der Waals surface area contributed by atoms with Crippen LogP contribution in [0, 0.1) is 12.7 Å². The number of benzene rings is 4. The topological polar surface area (TPSA) is 86.8 Å². The SMILES string of the molecule is Cc1ccc(S(=O)(=O)N(CC(=O)N(Cc2ccc(Cl)c(Cl)c2)[C@H](Cc2ccccc2)C(=O)NC2CCCCC2)c2ccc(F)cc2)cc1. The van der Waals surface area contributed by atoms with E-state index in [4.69, 9.17) is 23.2 Å². The Hall–Kier alpha value is -3.92. The molecule has 1 aliphatic carbocycles. The van der Waals surface area contributed by atoms with Crippen molar-refractivity contribution >= 4 is 50.7 Å². The van der Waals surface area contributed by atoms with Gasteiger partial charge in [0.2, 0.25) is 11.8 Å². The van der Waals surface area contributed by atoms with Crippen LogP contribution in [0.5, 0.6) is 0 Å². The molecule has 0 spiro atoms. The highest BCUT2D eigenvalue weighted by Gasteiger charge is 2.35. The first-order chi connectivity index (χ1) is 23.0. The zero-order valence-corrected chi connectivity index (χ0v) is 28.9. The van der Waals surface area contributed by atoms with E-state index in [2.05, 4.69) is 5.32 Å². The molecule has 0 saturated heterocycles. The predicted molar refractivity (Wildman–Crippen MR) is 188 cm³/mol. The fraction of sp³-hybridized carbons (Fsp3) is 0.297. The molecule has 1 aliphatic rings. The number of aryl methyl sites for hydroxylation is 1. The minimum Gasteiger partial charge on any atom is -0.352 e. The number of sulfonamides is 1. The highest BCUT2D eigenvalue weighted by Crippen LogP contribution is 2.28. The van der Waals surface area contributed by atoms with Gasteiger partial charge >= 0.3 is 0 Å². The van der Waals surface area contributed by atoms with Gasteiger partial charge in [0.05, 0.1) is 20.6 Å². The number of nitrogens with zero attached hydrogens (tertiary/aromatic N) is 2. The molecule has 48 heavy (non-hydrogen) atoms. The van der Waals surface area contributed by atoms with Gasteiger partial charge in [-0.25, -0.2) is 12.8 Å². The van der Waals surface area contributed by atoms with Crippen LogP contribution in [0.2, 0.25) is 10.0 Å². The Labute approximate surface area is 291 Å². The molecule has 0 heterocycles. The van der Waals surface area contributed by atoms with Crippen molar-refractivity contribution in [1.29, 1.82) is 0 Å². The average Bonchev–Trinajstić information content (AvgIpc) is 3.08. The van der Waals surface area contributed by atoms with E-state index in [1.807, 2.05) is 37.3 Å². The molecule has 1 saturated carbocycles. The summed E-state index contributed by atoms with van der Waals surface area (Å²) in [6, 6.07) is 24.5. The van der Waals surface area contributed by atoms with Crippen molar-refractivity contribution in [3.8, 4) is 0 Å². The number of amides is 2. The van der Waals surface area contributed by atoms with Crippen LogP contribution in [0.1, 0.15) is 48.8 Å². The lowest BCUT2D eigenvalue weighted by atomic mass is 9.94. The summed E-state index contributed by atoms with van der Waals surface area (Å²) in [5.74, 6) is -1.50. The molecule has 0 bridgehead atoms. The molecule has 0 aliphatic heterocycles. The van der Waals surface area contributed by atoms with E-state index in [-0.39, 0.29) is 40.5 Å². The van der Waals surface area contributed by atoms with E-state index >= 15 is 0 Å². The van der Waals surface area contributed by atoms with Crippen LogP contribution in [0.15, 0.2) is 102 Å². The van der Waals surface area contributed by atoms with E-state index in [1.54, 1.807) is 30.3 Å². The number of nitrogens with one attached hydrogen (secondary N) is 1. The molecule has 1 fully saturated rings. The fourth-order valence-corrected chi connectivity index (χ4v) is 7.64. The Morgan fingerprint density at radius 2 is 1.52 bits per heavy atom. The van der Waals surface area contributed by atoms with Gasteiger partial charge in [0.15, 0.2) is 0 Å². The van der Waals surface area contributed by atoms with Crippen LogP contribution >= 0.6 is 23.2 Å². The van der Waals surface area contributed by atoms with E-state index < -0.39 is 34.3 Å². The van der Waals surface area contributed by atoms with Gasteiger partial charge in [0, 0.05) is 19.0 Å². The smallest absolute Gasteiger partial charge is 0.264 e. The van der Waals surface area contributed by atoms with Crippen molar-refractivity contribution in [3.63, 3.8) is 0 Å². The number of carbonyl (C=O) groups is 2. The molecule has 0 radical (unpaired) electrons. The summed E-state index contributed by atoms with van der Waals surface area (Å²) >= 11 is 12.6. The van der Waals surface area contributed by atoms with E-state index in [0.29, 0.717) is 10.6 Å². The Kier molecular flexibility index (Phi) is 11.8. The van der Waals surface area contributed by atoms with Gasteiger partial charge in [-0.15, -0.1) is 0 Å². The first-order valence-electron chi connectivity index (χ1n) is 15.9. The molecule has 4 aromatic rings. The van der Waals surface area contributed by atoms with Crippen LogP contribution < -0.4 is 9.62 Å². The maximum absolute atomic E-state index is 14.6. The Bertz CT molecular complexity index is 1820. The minimum absolute atomic E-state index is 0.0240. The molecular formula is C37H38Cl2FN3O4S. The molecule has 1 N–H and O–H groups in total. The number of halogens is 3. The second-order valence-corrected chi connectivity index (χ2v) is 14.8. The number of rotatable bonds is 12. The first-order valence-corrected chi connectivity index (χ1v) is 18.1. The monoisotopic (exact) mass is 709 g/mol. The second kappa shape index (κ2) is 16.0. The predicted octanol–water partition coefficient (Wildman–Crippen LogP) is 7.73. The normalized spacial score (nSPS) is 14.2. The van der Waals surface area contributed by atoms with Gasteiger partial charge < -0.3 is 10.2 Å². The summed E-state index contributed by atoms with van der Waals surface area (Å²) in [6.45, 7) is 1.14. The third-order valence-electron chi connectivity index (χ3n) is 8.56. The van der Waals surface area contributed by atoms with Crippen molar-refractivity contribution < 1.29 is 22.4 Å². The summed E-state index contributed by atoms with van der Waals surface area (Å²) in [5, 5.41) is 3.79. The van der Waals surface area contributed by atoms with Gasteiger partial charge in [-0.1, -0.05) is 96.6 Å². The highest BCUT2D eigenvalue weighted by molar-refractivity contribution is 7.92. The summed E-state index contributed by atoms with van der Waals surface area (Å²) < 4.78 is 43.2. The van der Waals surface area contributed by atoms with E-state index in [0.717, 1.165) is 59.7 Å². The summed E-state index contributed by atoms with van der Waals surface area (Å²) in [7, 11) is -4.30. The summed E-state index contributed by atoms with van der Waals surface area (Å²) in [6.07, 6.45) is 4.99. The van der Waals surface area contributed by atoms with Gasteiger partial charge in [0.1, 0.15) is 18.4 Å². The number of hydrogen-bond donors (Lipinski definition) is 1. The maximum Gasteiger partial charge on any atom is 0.264 e. The van der Waals surface area contributed by atoms with Crippen molar-refractivity contribution in [2.24, 2.45) is 0 Å². The lowest BCUT2D eigenvalue weighted by Gasteiger charge is -2.35. The molecule has 0 aromatic heterocycles. The zero-order valence-electron chi connectivity index (χ0n) is 26.6. The molecule has 11 heteroatoms. The molecule has 0 unspecified atom stereocenters. The standard InChI is InChI=1S/C37H38Cl2FN3O4S/c1-26-12-19-32(20-13-26)48(46,47)43(31-17-15-29(40)16-18-31)25-36(44)42(24-28-14-21-33(38)34(39)22-28)35(23-27-8-4-2-5-9-27)37(45)41-30-10-6-3-7-11-30/h2,4-5,8-9,12-22,30,35H,3,6-7,10-11,23-25H2,1H3,(H,41,45)/t35-/m1/s1. The molecule has 4 aromatic carbocycles. The average molecular weight is 711 g/mol. The molecular weight excluding hydrogens is 672 g/mol.